The van der Waals surface area contributed by atoms with Crippen LogP contribution in [0.15, 0.2) is 12.1 Å². The van der Waals surface area contributed by atoms with Gasteiger partial charge in [0.15, 0.2) is 11.5 Å². The van der Waals surface area contributed by atoms with Gasteiger partial charge in [-0.15, -0.1) is 0 Å². The second-order valence-electron chi connectivity index (χ2n) is 6.73. The fourth-order valence-corrected chi connectivity index (χ4v) is 3.67. The van der Waals surface area contributed by atoms with E-state index >= 15 is 0 Å². The molecule has 0 aromatic heterocycles. The minimum Gasteiger partial charge on any atom is -0.493 e. The maximum Gasteiger partial charge on any atom is 0.236 e. The SMILES string of the molecule is COc1cc(N2CCN(CC(=O)N3CCCC3)CC2)cc(OC)c1OC. The number of carbonyl (C=O) groups excluding carboxylic acids is 1. The number of ether oxygens (including phenoxy) is 3. The molecule has 0 spiro atoms. The fraction of sp³-hybridized carbons (Fsp3) is 0.632. The maximum atomic E-state index is 12.3. The van der Waals surface area contributed by atoms with E-state index in [0.29, 0.717) is 23.8 Å². The minimum absolute atomic E-state index is 0.267. The Labute approximate surface area is 155 Å². The number of piperazine rings is 1. The molecule has 0 saturated carbocycles. The summed E-state index contributed by atoms with van der Waals surface area (Å²) < 4.78 is 16.3. The van der Waals surface area contributed by atoms with Crippen LogP contribution in [0.3, 0.4) is 0 Å². The molecule has 144 valence electrons. The van der Waals surface area contributed by atoms with E-state index in [1.807, 2.05) is 17.0 Å². The number of anilines is 1. The van der Waals surface area contributed by atoms with Crippen LogP contribution in [0.4, 0.5) is 5.69 Å². The van der Waals surface area contributed by atoms with Gasteiger partial charge in [0.05, 0.1) is 27.9 Å². The first-order chi connectivity index (χ1) is 12.7. The Bertz CT molecular complexity index is 598. The molecule has 2 aliphatic rings. The third-order valence-electron chi connectivity index (χ3n) is 5.20. The molecule has 2 saturated heterocycles. The molecule has 1 aromatic rings. The molecule has 0 radical (unpaired) electrons. The van der Waals surface area contributed by atoms with Crippen LogP contribution in [-0.2, 0) is 4.79 Å². The van der Waals surface area contributed by atoms with E-state index in [1.165, 1.54) is 0 Å². The first-order valence-corrected chi connectivity index (χ1v) is 9.21. The molecule has 7 heteroatoms. The summed E-state index contributed by atoms with van der Waals surface area (Å²) in [6.07, 6.45) is 2.28. The fourth-order valence-electron chi connectivity index (χ4n) is 3.67. The number of methoxy groups -OCH3 is 3. The summed E-state index contributed by atoms with van der Waals surface area (Å²) in [5, 5.41) is 0. The van der Waals surface area contributed by atoms with Crippen molar-refractivity contribution >= 4 is 11.6 Å². The number of hydrogen-bond acceptors (Lipinski definition) is 6. The third-order valence-corrected chi connectivity index (χ3v) is 5.20. The normalized spacial score (nSPS) is 18.1. The van der Waals surface area contributed by atoms with Crippen LogP contribution in [0.5, 0.6) is 17.2 Å². The number of amides is 1. The predicted molar refractivity (Wildman–Crippen MR) is 101 cm³/mol. The van der Waals surface area contributed by atoms with Gasteiger partial charge in [-0.05, 0) is 12.8 Å². The molecule has 0 aliphatic carbocycles. The monoisotopic (exact) mass is 363 g/mol. The van der Waals surface area contributed by atoms with Crippen LogP contribution in [0.2, 0.25) is 0 Å². The summed E-state index contributed by atoms with van der Waals surface area (Å²) in [6, 6.07) is 3.96. The summed E-state index contributed by atoms with van der Waals surface area (Å²) in [5.41, 5.74) is 1.05. The lowest BCUT2D eigenvalue weighted by Crippen LogP contribution is -2.49. The predicted octanol–water partition coefficient (Wildman–Crippen LogP) is 1.46. The molecule has 0 N–H and O–H groups in total. The first kappa shape index (κ1) is 18.6. The highest BCUT2D eigenvalue weighted by Crippen LogP contribution is 2.41. The lowest BCUT2D eigenvalue weighted by molar-refractivity contribution is -0.131. The third kappa shape index (κ3) is 3.98. The molecular formula is C19H29N3O4. The number of nitrogens with zero attached hydrogens (tertiary/aromatic N) is 3. The zero-order valence-corrected chi connectivity index (χ0v) is 16.0. The topological polar surface area (TPSA) is 54.5 Å². The summed E-state index contributed by atoms with van der Waals surface area (Å²) in [4.78, 5) is 18.9. The molecule has 2 fully saturated rings. The Kier molecular flexibility index (Phi) is 6.08. The smallest absolute Gasteiger partial charge is 0.236 e. The number of hydrogen-bond donors (Lipinski definition) is 0. The molecule has 2 aliphatic heterocycles. The Morgan fingerprint density at radius 2 is 1.46 bits per heavy atom. The Morgan fingerprint density at radius 1 is 0.885 bits per heavy atom. The van der Waals surface area contributed by atoms with E-state index in [9.17, 15) is 4.79 Å². The zero-order chi connectivity index (χ0) is 18.5. The summed E-state index contributed by atoms with van der Waals surface area (Å²) in [7, 11) is 4.86. The first-order valence-electron chi connectivity index (χ1n) is 9.21. The highest BCUT2D eigenvalue weighted by molar-refractivity contribution is 5.78. The van der Waals surface area contributed by atoms with Gasteiger partial charge in [0.1, 0.15) is 0 Å². The quantitative estimate of drug-likeness (QED) is 0.763. The van der Waals surface area contributed by atoms with Crippen LogP contribution in [0.1, 0.15) is 12.8 Å². The van der Waals surface area contributed by atoms with Crippen molar-refractivity contribution in [2.24, 2.45) is 0 Å². The number of likely N-dealkylation sites (tertiary alicyclic amines) is 1. The summed E-state index contributed by atoms with van der Waals surface area (Å²) >= 11 is 0. The van der Waals surface area contributed by atoms with E-state index in [2.05, 4.69) is 9.80 Å². The Balaban J connectivity index is 1.61. The van der Waals surface area contributed by atoms with Crippen molar-refractivity contribution in [2.75, 3.05) is 72.0 Å². The summed E-state index contributed by atoms with van der Waals surface area (Å²) in [5.74, 6) is 2.19. The van der Waals surface area contributed by atoms with Crippen molar-refractivity contribution in [1.82, 2.24) is 9.80 Å². The molecule has 0 unspecified atom stereocenters. The van der Waals surface area contributed by atoms with Gasteiger partial charge in [-0.2, -0.15) is 0 Å². The lowest BCUT2D eigenvalue weighted by atomic mass is 10.2. The molecule has 0 atom stereocenters. The van der Waals surface area contributed by atoms with Gasteiger partial charge in [-0.3, -0.25) is 9.69 Å². The van der Waals surface area contributed by atoms with Gasteiger partial charge in [0.2, 0.25) is 11.7 Å². The Hall–Kier alpha value is -2.15. The van der Waals surface area contributed by atoms with Gasteiger partial charge >= 0.3 is 0 Å². The van der Waals surface area contributed by atoms with E-state index in [4.69, 9.17) is 14.2 Å². The number of benzene rings is 1. The second-order valence-corrected chi connectivity index (χ2v) is 6.73. The van der Waals surface area contributed by atoms with Crippen molar-refractivity contribution in [1.29, 1.82) is 0 Å². The van der Waals surface area contributed by atoms with E-state index in [-0.39, 0.29) is 5.91 Å². The van der Waals surface area contributed by atoms with E-state index in [1.54, 1.807) is 21.3 Å². The number of carbonyl (C=O) groups is 1. The zero-order valence-electron chi connectivity index (χ0n) is 16.0. The molecule has 26 heavy (non-hydrogen) atoms. The number of rotatable bonds is 6. The molecule has 2 heterocycles. The molecule has 1 amide bonds. The largest absolute Gasteiger partial charge is 0.493 e. The van der Waals surface area contributed by atoms with Gasteiger partial charge in [0.25, 0.3) is 0 Å². The average molecular weight is 363 g/mol. The molecule has 0 bridgehead atoms. The average Bonchev–Trinajstić information content (AvgIpc) is 3.22. The second kappa shape index (κ2) is 8.49. The van der Waals surface area contributed by atoms with Crippen LogP contribution in [-0.4, -0.2) is 82.8 Å². The maximum absolute atomic E-state index is 12.3. The molecule has 3 rings (SSSR count). The van der Waals surface area contributed by atoms with Crippen molar-refractivity contribution in [2.45, 2.75) is 12.8 Å². The van der Waals surface area contributed by atoms with Crippen LogP contribution in [0, 0.1) is 0 Å². The van der Waals surface area contributed by atoms with Crippen molar-refractivity contribution in [3.8, 4) is 17.2 Å². The minimum atomic E-state index is 0.267. The summed E-state index contributed by atoms with van der Waals surface area (Å²) in [6.45, 7) is 5.85. The van der Waals surface area contributed by atoms with Crippen molar-refractivity contribution < 1.29 is 19.0 Å². The highest BCUT2D eigenvalue weighted by atomic mass is 16.5. The van der Waals surface area contributed by atoms with Crippen LogP contribution in [0.25, 0.3) is 0 Å². The van der Waals surface area contributed by atoms with E-state index < -0.39 is 0 Å². The van der Waals surface area contributed by atoms with Gasteiger partial charge < -0.3 is 24.0 Å². The molecular weight excluding hydrogens is 334 g/mol. The van der Waals surface area contributed by atoms with Crippen molar-refractivity contribution in [3.63, 3.8) is 0 Å². The lowest BCUT2D eigenvalue weighted by Gasteiger charge is -2.36. The van der Waals surface area contributed by atoms with Gasteiger partial charge in [-0.1, -0.05) is 0 Å². The van der Waals surface area contributed by atoms with Gasteiger partial charge in [-0.25, -0.2) is 0 Å². The standard InChI is InChI=1S/C19H29N3O4/c1-24-16-12-15(13-17(25-2)19(16)26-3)21-10-8-20(9-11-21)14-18(23)22-6-4-5-7-22/h12-13H,4-11,14H2,1-3H3. The highest BCUT2D eigenvalue weighted by Gasteiger charge is 2.24. The van der Waals surface area contributed by atoms with Crippen LogP contribution < -0.4 is 19.1 Å². The molecule has 7 nitrogen and oxygen atoms in total. The van der Waals surface area contributed by atoms with E-state index in [0.717, 1.165) is 57.8 Å². The van der Waals surface area contributed by atoms with Crippen LogP contribution >= 0.6 is 0 Å². The molecule has 1 aromatic carbocycles. The van der Waals surface area contributed by atoms with Gasteiger partial charge in [0, 0.05) is 57.1 Å². The Morgan fingerprint density at radius 3 is 1.96 bits per heavy atom. The van der Waals surface area contributed by atoms with Crippen molar-refractivity contribution in [3.05, 3.63) is 12.1 Å².